The Hall–Kier alpha value is -0.170. The summed E-state index contributed by atoms with van der Waals surface area (Å²) in [5.41, 5.74) is 5.44. The third-order valence-electron chi connectivity index (χ3n) is 2.51. The molecule has 3 N–H and O–H groups in total. The van der Waals surface area contributed by atoms with Crippen molar-refractivity contribution >= 4 is 10.0 Å². The minimum absolute atomic E-state index is 0.0291. The summed E-state index contributed by atoms with van der Waals surface area (Å²) in [5.74, 6) is 0. The van der Waals surface area contributed by atoms with E-state index in [1.54, 1.807) is 0 Å². The Labute approximate surface area is 92.1 Å². The van der Waals surface area contributed by atoms with E-state index in [1.807, 2.05) is 13.8 Å². The van der Waals surface area contributed by atoms with Gasteiger partial charge >= 0.3 is 0 Å². The summed E-state index contributed by atoms with van der Waals surface area (Å²) in [6.07, 6.45) is 0.710. The molecule has 0 amide bonds. The number of nitrogens with two attached hydrogens (primary N) is 1. The van der Waals surface area contributed by atoms with Gasteiger partial charge in [0, 0.05) is 25.7 Å². The first-order valence-corrected chi connectivity index (χ1v) is 6.94. The van der Waals surface area contributed by atoms with Crippen molar-refractivity contribution in [3.8, 4) is 0 Å². The first-order chi connectivity index (χ1) is 6.95. The van der Waals surface area contributed by atoms with Gasteiger partial charge in [0.1, 0.15) is 0 Å². The van der Waals surface area contributed by atoms with Gasteiger partial charge in [-0.2, -0.15) is 0 Å². The number of sulfonamides is 1. The summed E-state index contributed by atoms with van der Waals surface area (Å²) in [4.78, 5) is 2.10. The van der Waals surface area contributed by atoms with E-state index in [0.29, 0.717) is 19.5 Å². The minimum atomic E-state index is -3.14. The van der Waals surface area contributed by atoms with Crippen LogP contribution in [0.4, 0.5) is 0 Å². The molecule has 0 aliphatic carbocycles. The average molecular weight is 235 g/mol. The number of nitrogens with zero attached hydrogens (tertiary/aromatic N) is 1. The van der Waals surface area contributed by atoms with Gasteiger partial charge in [-0.3, -0.25) is 0 Å². The highest BCUT2D eigenvalue weighted by molar-refractivity contribution is 7.90. The average Bonchev–Trinajstić information content (AvgIpc) is 2.51. The van der Waals surface area contributed by atoms with Gasteiger partial charge in [-0.05, 0) is 26.8 Å². The highest BCUT2D eigenvalue weighted by Crippen LogP contribution is 2.15. The molecule has 0 saturated carbocycles. The van der Waals surface area contributed by atoms with E-state index < -0.39 is 10.0 Å². The van der Waals surface area contributed by atoms with E-state index in [-0.39, 0.29) is 11.3 Å². The lowest BCUT2D eigenvalue weighted by Gasteiger charge is -2.16. The molecule has 0 aromatic heterocycles. The van der Waals surface area contributed by atoms with E-state index in [2.05, 4.69) is 9.62 Å². The van der Waals surface area contributed by atoms with Gasteiger partial charge in [-0.15, -0.1) is 0 Å². The van der Waals surface area contributed by atoms with Crippen LogP contribution in [0.1, 0.15) is 20.3 Å². The van der Waals surface area contributed by atoms with Crippen molar-refractivity contribution in [3.05, 3.63) is 0 Å². The van der Waals surface area contributed by atoms with Gasteiger partial charge in [0.2, 0.25) is 10.0 Å². The van der Waals surface area contributed by atoms with E-state index in [0.717, 1.165) is 13.1 Å². The van der Waals surface area contributed by atoms with Crippen LogP contribution in [-0.2, 0) is 10.0 Å². The molecule has 0 aromatic rings. The summed E-state index contributed by atoms with van der Waals surface area (Å²) in [7, 11) is -3.14. The Morgan fingerprint density at radius 1 is 1.53 bits per heavy atom. The Balaban J connectivity index is 2.52. The van der Waals surface area contributed by atoms with Crippen molar-refractivity contribution in [2.24, 2.45) is 5.73 Å². The number of nitrogens with one attached hydrogen (secondary N) is 1. The van der Waals surface area contributed by atoms with Crippen molar-refractivity contribution in [2.75, 3.05) is 26.2 Å². The largest absolute Gasteiger partial charge is 0.329 e. The molecule has 1 heterocycles. The number of hydrogen-bond acceptors (Lipinski definition) is 4. The second-order valence-electron chi connectivity index (χ2n) is 4.32. The van der Waals surface area contributed by atoms with Gasteiger partial charge in [-0.25, -0.2) is 13.1 Å². The molecule has 0 aromatic carbocycles. The maximum Gasteiger partial charge on any atom is 0.216 e. The van der Waals surface area contributed by atoms with Crippen molar-refractivity contribution in [1.82, 2.24) is 9.62 Å². The number of rotatable bonds is 5. The van der Waals surface area contributed by atoms with E-state index in [1.165, 1.54) is 0 Å². The van der Waals surface area contributed by atoms with Gasteiger partial charge in [0.25, 0.3) is 0 Å². The minimum Gasteiger partial charge on any atom is -0.329 e. The summed E-state index contributed by atoms with van der Waals surface area (Å²) in [6, 6.07) is -0.0291. The lowest BCUT2D eigenvalue weighted by atomic mass is 10.4. The van der Waals surface area contributed by atoms with Crippen molar-refractivity contribution < 1.29 is 8.42 Å². The molecular weight excluding hydrogens is 214 g/mol. The zero-order valence-electron chi connectivity index (χ0n) is 9.44. The first kappa shape index (κ1) is 12.9. The molecule has 6 heteroatoms. The van der Waals surface area contributed by atoms with Crippen molar-refractivity contribution in [1.29, 1.82) is 0 Å². The second-order valence-corrected chi connectivity index (χ2v) is 6.31. The second kappa shape index (κ2) is 5.25. The summed E-state index contributed by atoms with van der Waals surface area (Å²) >= 11 is 0. The molecule has 0 radical (unpaired) electrons. The smallest absolute Gasteiger partial charge is 0.216 e. The number of likely N-dealkylation sites (tertiary alicyclic amines) is 1. The van der Waals surface area contributed by atoms with Crippen LogP contribution in [0.5, 0.6) is 0 Å². The van der Waals surface area contributed by atoms with Crippen LogP contribution < -0.4 is 10.5 Å². The summed E-state index contributed by atoms with van der Waals surface area (Å²) in [6.45, 7) is 6.49. The molecule has 5 nitrogen and oxygen atoms in total. The first-order valence-electron chi connectivity index (χ1n) is 5.39. The van der Waals surface area contributed by atoms with Crippen LogP contribution in [0.25, 0.3) is 0 Å². The molecule has 1 fully saturated rings. The van der Waals surface area contributed by atoms with Crippen molar-refractivity contribution in [2.45, 2.75) is 31.6 Å². The molecule has 1 rings (SSSR count). The zero-order valence-corrected chi connectivity index (χ0v) is 10.3. The molecule has 0 bridgehead atoms. The monoisotopic (exact) mass is 235 g/mol. The van der Waals surface area contributed by atoms with E-state index >= 15 is 0 Å². The van der Waals surface area contributed by atoms with Crippen LogP contribution >= 0.6 is 0 Å². The van der Waals surface area contributed by atoms with Crippen LogP contribution in [0.2, 0.25) is 0 Å². The predicted molar refractivity (Wildman–Crippen MR) is 61.1 cm³/mol. The Kier molecular flexibility index (Phi) is 4.51. The van der Waals surface area contributed by atoms with E-state index in [9.17, 15) is 8.42 Å². The Morgan fingerprint density at radius 3 is 2.73 bits per heavy atom. The predicted octanol–water partition coefficient (Wildman–Crippen LogP) is -0.653. The molecule has 1 unspecified atom stereocenters. The van der Waals surface area contributed by atoms with Gasteiger partial charge < -0.3 is 10.6 Å². The number of hydrogen-bond donors (Lipinski definition) is 2. The third kappa shape index (κ3) is 3.71. The fraction of sp³-hybridized carbons (Fsp3) is 1.00. The molecule has 0 spiro atoms. The maximum atomic E-state index is 11.8. The lowest BCUT2D eigenvalue weighted by Crippen LogP contribution is -2.40. The van der Waals surface area contributed by atoms with Crippen LogP contribution in [-0.4, -0.2) is 50.8 Å². The SMILES string of the molecule is CC(C)NS(=O)(=O)C1CCN(CCN)C1. The van der Waals surface area contributed by atoms with Crippen LogP contribution in [0.3, 0.4) is 0 Å². The van der Waals surface area contributed by atoms with Gasteiger partial charge in [0.15, 0.2) is 0 Å². The Bertz CT molecular complexity index is 290. The zero-order chi connectivity index (χ0) is 11.5. The summed E-state index contributed by atoms with van der Waals surface area (Å²) < 4.78 is 26.3. The van der Waals surface area contributed by atoms with Gasteiger partial charge in [-0.1, -0.05) is 0 Å². The molecule has 15 heavy (non-hydrogen) atoms. The fourth-order valence-electron chi connectivity index (χ4n) is 1.86. The molecule has 1 aliphatic heterocycles. The van der Waals surface area contributed by atoms with Crippen LogP contribution in [0, 0.1) is 0 Å². The van der Waals surface area contributed by atoms with Crippen LogP contribution in [0.15, 0.2) is 0 Å². The van der Waals surface area contributed by atoms with Gasteiger partial charge in [0.05, 0.1) is 5.25 Å². The molecule has 1 aliphatic rings. The molecule has 1 saturated heterocycles. The summed E-state index contributed by atoms with van der Waals surface area (Å²) in [5, 5.41) is -0.272. The Morgan fingerprint density at radius 2 is 2.20 bits per heavy atom. The highest BCUT2D eigenvalue weighted by Gasteiger charge is 2.32. The molecule has 1 atom stereocenters. The molecular formula is C9H21N3O2S. The van der Waals surface area contributed by atoms with E-state index in [4.69, 9.17) is 5.73 Å². The normalized spacial score (nSPS) is 23.9. The van der Waals surface area contributed by atoms with Crippen molar-refractivity contribution in [3.63, 3.8) is 0 Å². The lowest BCUT2D eigenvalue weighted by molar-refractivity contribution is 0.348. The fourth-order valence-corrected chi connectivity index (χ4v) is 3.53. The third-order valence-corrected chi connectivity index (χ3v) is 4.58. The highest BCUT2D eigenvalue weighted by atomic mass is 32.2. The topological polar surface area (TPSA) is 75.4 Å². The maximum absolute atomic E-state index is 11.8. The quantitative estimate of drug-likeness (QED) is 0.664. The standard InChI is InChI=1S/C9H21N3O2S/c1-8(2)11-15(13,14)9-3-5-12(7-9)6-4-10/h8-9,11H,3-7,10H2,1-2H3. The molecule has 90 valence electrons.